The summed E-state index contributed by atoms with van der Waals surface area (Å²) in [6.45, 7) is 7.50. The molecule has 2 bridgehead atoms. The van der Waals surface area contributed by atoms with Crippen molar-refractivity contribution in [2.45, 2.75) is 32.5 Å². The lowest BCUT2D eigenvalue weighted by molar-refractivity contribution is 0.0947. The van der Waals surface area contributed by atoms with Gasteiger partial charge in [-0.2, -0.15) is 0 Å². The molecule has 0 saturated heterocycles. The van der Waals surface area contributed by atoms with Gasteiger partial charge in [-0.1, -0.05) is 43.1 Å². The first-order valence-electron chi connectivity index (χ1n) is 5.98. The molecule has 4 rings (SSSR count). The fourth-order valence-corrected chi connectivity index (χ4v) is 5.59. The fraction of sp³-hybridized carbons (Fsp3) is 0.692. The van der Waals surface area contributed by atoms with Crippen molar-refractivity contribution in [1.29, 1.82) is 0 Å². The Morgan fingerprint density at radius 1 is 1.07 bits per heavy atom. The smallest absolute Gasteiger partial charge is 0.0728 e. The van der Waals surface area contributed by atoms with E-state index in [0.717, 1.165) is 23.7 Å². The van der Waals surface area contributed by atoms with Gasteiger partial charge in [0.25, 0.3) is 0 Å². The number of hydrogen-bond acceptors (Lipinski definition) is 0. The van der Waals surface area contributed by atoms with Crippen molar-refractivity contribution in [2.75, 3.05) is 0 Å². The Hall–Kier alpha value is -0.303. The second-order valence-electron chi connectivity index (χ2n) is 6.27. The molecule has 1 saturated carbocycles. The van der Waals surface area contributed by atoms with Crippen molar-refractivity contribution < 1.29 is 0 Å². The summed E-state index contributed by atoms with van der Waals surface area (Å²) < 4.78 is 0. The van der Waals surface area contributed by atoms with Gasteiger partial charge in [0.15, 0.2) is 0 Å². The highest BCUT2D eigenvalue weighted by Gasteiger charge is 2.48. The molecule has 0 nitrogen and oxygen atoms in total. The molecule has 0 radical (unpaired) electrons. The molecule has 0 aromatic carbocycles. The minimum atomic E-state index is -1.04. The number of allylic oxidation sites excluding steroid dienone is 4. The SMILES string of the molecule is C[Si](C)(C)C1=C[C@@H]2C=C[C@H]1[C@H]1CC[C@@H]21. The van der Waals surface area contributed by atoms with Crippen LogP contribution in [0.1, 0.15) is 12.8 Å². The van der Waals surface area contributed by atoms with Crippen LogP contribution in [-0.2, 0) is 0 Å². The maximum Gasteiger partial charge on any atom is 0.0728 e. The molecule has 1 fully saturated rings. The highest BCUT2D eigenvalue weighted by molar-refractivity contribution is 6.83. The Labute approximate surface area is 88.1 Å². The van der Waals surface area contributed by atoms with Crippen LogP contribution >= 0.6 is 0 Å². The van der Waals surface area contributed by atoms with Gasteiger partial charge >= 0.3 is 0 Å². The molecule has 4 atom stereocenters. The average molecular weight is 204 g/mol. The zero-order valence-electron chi connectivity index (χ0n) is 9.46. The molecule has 0 amide bonds. The summed E-state index contributed by atoms with van der Waals surface area (Å²) in [5.41, 5.74) is 0. The van der Waals surface area contributed by atoms with Crippen molar-refractivity contribution in [2.24, 2.45) is 23.7 Å². The van der Waals surface area contributed by atoms with Crippen molar-refractivity contribution in [3.05, 3.63) is 23.4 Å². The van der Waals surface area contributed by atoms with Gasteiger partial charge in [0, 0.05) is 0 Å². The van der Waals surface area contributed by atoms with Crippen LogP contribution in [0.2, 0.25) is 19.6 Å². The highest BCUT2D eigenvalue weighted by atomic mass is 28.3. The molecule has 0 unspecified atom stereocenters. The second-order valence-corrected chi connectivity index (χ2v) is 11.3. The van der Waals surface area contributed by atoms with E-state index in [1.807, 2.05) is 5.20 Å². The molecule has 0 spiro atoms. The van der Waals surface area contributed by atoms with Gasteiger partial charge in [0.05, 0.1) is 8.07 Å². The lowest BCUT2D eigenvalue weighted by atomic mass is 9.56. The van der Waals surface area contributed by atoms with Gasteiger partial charge in [0.1, 0.15) is 0 Å². The third-order valence-electron chi connectivity index (χ3n) is 4.48. The largest absolute Gasteiger partial charge is 0.0814 e. The van der Waals surface area contributed by atoms with Gasteiger partial charge in [0.2, 0.25) is 0 Å². The zero-order chi connectivity index (χ0) is 9.92. The second kappa shape index (κ2) is 2.63. The maximum atomic E-state index is 2.64. The minimum absolute atomic E-state index is 0.820. The predicted molar refractivity (Wildman–Crippen MR) is 63.8 cm³/mol. The standard InChI is InChI=1S/C13H20Si/c1-14(2,3)13-8-9-4-5-12(13)11-7-6-10(9)11/h4-5,8-12H,6-7H2,1-3H3/t9-,10-,11-,12-/m0/s1. The Kier molecular flexibility index (Phi) is 1.68. The van der Waals surface area contributed by atoms with Crippen LogP contribution in [0.5, 0.6) is 0 Å². The molecule has 0 heterocycles. The van der Waals surface area contributed by atoms with E-state index in [2.05, 4.69) is 37.9 Å². The first-order valence-corrected chi connectivity index (χ1v) is 9.48. The maximum absolute atomic E-state index is 2.64. The van der Waals surface area contributed by atoms with Gasteiger partial charge in [-0.3, -0.25) is 0 Å². The molecular weight excluding hydrogens is 184 g/mol. The van der Waals surface area contributed by atoms with Crippen LogP contribution in [0.3, 0.4) is 0 Å². The lowest BCUT2D eigenvalue weighted by Gasteiger charge is -2.53. The molecule has 14 heavy (non-hydrogen) atoms. The molecular formula is C13H20Si. The van der Waals surface area contributed by atoms with E-state index in [1.165, 1.54) is 12.8 Å². The van der Waals surface area contributed by atoms with E-state index in [4.69, 9.17) is 0 Å². The van der Waals surface area contributed by atoms with Crippen molar-refractivity contribution in [3.63, 3.8) is 0 Å². The van der Waals surface area contributed by atoms with Crippen LogP contribution in [-0.4, -0.2) is 8.07 Å². The Bertz CT molecular complexity index is 319. The summed E-state index contributed by atoms with van der Waals surface area (Å²) in [5, 5.41) is 1.85. The average Bonchev–Trinajstić information content (AvgIpc) is 2.01. The normalized spacial score (nSPS) is 44.4. The van der Waals surface area contributed by atoms with E-state index < -0.39 is 8.07 Å². The van der Waals surface area contributed by atoms with Crippen molar-refractivity contribution in [1.82, 2.24) is 0 Å². The van der Waals surface area contributed by atoms with Gasteiger partial charge in [-0.05, 0) is 36.5 Å². The topological polar surface area (TPSA) is 0 Å². The van der Waals surface area contributed by atoms with Crippen molar-refractivity contribution >= 4 is 8.07 Å². The summed E-state index contributed by atoms with van der Waals surface area (Å²) in [4.78, 5) is 0. The van der Waals surface area contributed by atoms with Crippen LogP contribution < -0.4 is 0 Å². The third kappa shape index (κ3) is 1.05. The molecule has 4 aliphatic rings. The summed E-state index contributed by atoms with van der Waals surface area (Å²) in [6, 6.07) is 0. The van der Waals surface area contributed by atoms with E-state index in [0.29, 0.717) is 0 Å². The summed E-state index contributed by atoms with van der Waals surface area (Å²) in [5.74, 6) is 3.74. The third-order valence-corrected chi connectivity index (χ3v) is 6.71. The summed E-state index contributed by atoms with van der Waals surface area (Å²) in [6.07, 6.45) is 10.6. The van der Waals surface area contributed by atoms with E-state index in [9.17, 15) is 0 Å². The molecule has 0 aromatic rings. The van der Waals surface area contributed by atoms with Crippen LogP contribution in [0.4, 0.5) is 0 Å². The lowest BCUT2D eigenvalue weighted by Crippen LogP contribution is -2.47. The van der Waals surface area contributed by atoms with E-state index in [1.54, 1.807) is 0 Å². The first kappa shape index (κ1) is 8.96. The Balaban J connectivity index is 2.00. The molecule has 4 aliphatic carbocycles. The number of hydrogen-bond donors (Lipinski definition) is 0. The minimum Gasteiger partial charge on any atom is -0.0814 e. The predicted octanol–water partition coefficient (Wildman–Crippen LogP) is 3.63. The van der Waals surface area contributed by atoms with Gasteiger partial charge < -0.3 is 0 Å². The molecule has 0 N–H and O–H groups in total. The Morgan fingerprint density at radius 3 is 2.29 bits per heavy atom. The molecule has 0 aromatic heterocycles. The summed E-state index contributed by atoms with van der Waals surface area (Å²) >= 11 is 0. The van der Waals surface area contributed by atoms with Crippen molar-refractivity contribution in [3.8, 4) is 0 Å². The van der Waals surface area contributed by atoms with Gasteiger partial charge in [-0.25, -0.2) is 0 Å². The quantitative estimate of drug-likeness (QED) is 0.452. The van der Waals surface area contributed by atoms with Crippen LogP contribution in [0, 0.1) is 23.7 Å². The van der Waals surface area contributed by atoms with E-state index >= 15 is 0 Å². The monoisotopic (exact) mass is 204 g/mol. The summed E-state index contributed by atoms with van der Waals surface area (Å²) in [7, 11) is -1.04. The van der Waals surface area contributed by atoms with Crippen LogP contribution in [0.25, 0.3) is 0 Å². The van der Waals surface area contributed by atoms with Gasteiger partial charge in [-0.15, -0.1) is 0 Å². The fourth-order valence-electron chi connectivity index (χ4n) is 3.59. The Morgan fingerprint density at radius 2 is 1.79 bits per heavy atom. The molecule has 0 aliphatic heterocycles. The molecule has 76 valence electrons. The highest BCUT2D eigenvalue weighted by Crippen LogP contribution is 2.55. The molecule has 1 heteroatoms. The van der Waals surface area contributed by atoms with Crippen LogP contribution in [0.15, 0.2) is 23.4 Å². The zero-order valence-corrected chi connectivity index (χ0v) is 10.5. The first-order chi connectivity index (χ1) is 6.57. The number of rotatable bonds is 1. The van der Waals surface area contributed by atoms with E-state index in [-0.39, 0.29) is 0 Å².